The Morgan fingerprint density at radius 2 is 1.67 bits per heavy atom. The molecule has 0 radical (unpaired) electrons. The van der Waals surface area contributed by atoms with E-state index < -0.39 is 0 Å². The lowest BCUT2D eigenvalue weighted by atomic mass is 10.1. The van der Waals surface area contributed by atoms with Crippen LogP contribution in [0.3, 0.4) is 0 Å². The van der Waals surface area contributed by atoms with E-state index in [9.17, 15) is 4.39 Å². The molecule has 24 heavy (non-hydrogen) atoms. The predicted octanol–water partition coefficient (Wildman–Crippen LogP) is 4.87. The van der Waals surface area contributed by atoms with Crippen LogP contribution in [-0.2, 0) is 16.1 Å². The molecule has 0 saturated carbocycles. The lowest BCUT2D eigenvalue weighted by Crippen LogP contribution is -2.26. The van der Waals surface area contributed by atoms with Crippen LogP contribution in [0.25, 0.3) is 0 Å². The van der Waals surface area contributed by atoms with E-state index in [4.69, 9.17) is 14.2 Å². The second-order valence-corrected chi connectivity index (χ2v) is 6.14. The maximum absolute atomic E-state index is 12.9. The van der Waals surface area contributed by atoms with E-state index >= 15 is 0 Å². The molecule has 0 N–H and O–H groups in total. The molecule has 1 saturated heterocycles. The minimum atomic E-state index is -0.288. The molecule has 1 aliphatic heterocycles. The zero-order valence-electron chi connectivity index (χ0n) is 13.9. The van der Waals surface area contributed by atoms with Crippen LogP contribution in [0.5, 0.6) is 5.75 Å². The van der Waals surface area contributed by atoms with Crippen molar-refractivity contribution < 1.29 is 18.6 Å². The molecule has 0 atom stereocenters. The molecule has 3 rings (SSSR count). The fraction of sp³-hybridized carbons (Fsp3) is 0.400. The van der Waals surface area contributed by atoms with Crippen LogP contribution in [0.4, 0.5) is 4.39 Å². The van der Waals surface area contributed by atoms with E-state index in [-0.39, 0.29) is 12.1 Å². The lowest BCUT2D eigenvalue weighted by Gasteiger charge is -2.29. The van der Waals surface area contributed by atoms with Crippen LogP contribution in [0, 0.1) is 11.7 Å². The first kappa shape index (κ1) is 16.9. The molecule has 0 spiro atoms. The zero-order valence-corrected chi connectivity index (χ0v) is 13.9. The smallest absolute Gasteiger partial charge is 0.183 e. The Kier molecular flexibility index (Phi) is 5.83. The van der Waals surface area contributed by atoms with Gasteiger partial charge >= 0.3 is 0 Å². The van der Waals surface area contributed by atoms with Crippen molar-refractivity contribution in [2.75, 3.05) is 13.2 Å². The van der Waals surface area contributed by atoms with Gasteiger partial charge in [0.15, 0.2) is 6.29 Å². The van der Waals surface area contributed by atoms with E-state index in [0.717, 1.165) is 42.9 Å². The van der Waals surface area contributed by atoms with Crippen molar-refractivity contribution in [1.29, 1.82) is 0 Å². The summed E-state index contributed by atoms with van der Waals surface area (Å²) in [6, 6.07) is 14.1. The van der Waals surface area contributed by atoms with Crippen molar-refractivity contribution in [3.8, 4) is 5.75 Å². The van der Waals surface area contributed by atoms with E-state index in [1.165, 1.54) is 12.1 Å². The minimum absolute atomic E-state index is 0.239. The largest absolute Gasteiger partial charge is 0.489 e. The summed E-state index contributed by atoms with van der Waals surface area (Å²) < 4.78 is 30.2. The standard InChI is InChI=1S/C20H23FO3/c1-2-3-16-13-23-20(24-14-16)17-6-10-19(11-7-17)22-12-15-4-8-18(21)9-5-15/h4-11,16,20H,2-3,12-14H2,1H3. The number of halogens is 1. The van der Waals surface area contributed by atoms with Crippen LogP contribution >= 0.6 is 0 Å². The van der Waals surface area contributed by atoms with Crippen molar-refractivity contribution in [3.05, 3.63) is 65.5 Å². The van der Waals surface area contributed by atoms with E-state index in [1.54, 1.807) is 12.1 Å². The van der Waals surface area contributed by atoms with Gasteiger partial charge in [0.2, 0.25) is 0 Å². The fourth-order valence-electron chi connectivity index (χ4n) is 2.78. The van der Waals surface area contributed by atoms with Gasteiger partial charge in [0.25, 0.3) is 0 Å². The Hall–Kier alpha value is -1.91. The maximum Gasteiger partial charge on any atom is 0.183 e. The molecule has 1 aliphatic rings. The summed E-state index contributed by atoms with van der Waals surface area (Å²) in [5.74, 6) is 1.03. The van der Waals surface area contributed by atoms with Gasteiger partial charge in [0, 0.05) is 11.5 Å². The van der Waals surface area contributed by atoms with Gasteiger partial charge in [-0.05, 0) is 36.2 Å². The molecule has 2 aromatic carbocycles. The predicted molar refractivity (Wildman–Crippen MR) is 90.2 cm³/mol. The number of hydrogen-bond donors (Lipinski definition) is 0. The van der Waals surface area contributed by atoms with Crippen molar-refractivity contribution in [2.45, 2.75) is 32.7 Å². The molecule has 0 unspecified atom stereocenters. The van der Waals surface area contributed by atoms with Crippen LogP contribution in [0.1, 0.15) is 37.2 Å². The zero-order chi connectivity index (χ0) is 16.8. The molecular formula is C20H23FO3. The second kappa shape index (κ2) is 8.27. The molecular weight excluding hydrogens is 307 g/mol. The summed E-state index contributed by atoms with van der Waals surface area (Å²) in [5.41, 5.74) is 1.93. The third-order valence-electron chi connectivity index (χ3n) is 4.13. The molecule has 0 bridgehead atoms. The lowest BCUT2D eigenvalue weighted by molar-refractivity contribution is -0.206. The molecule has 0 amide bonds. The van der Waals surface area contributed by atoms with Gasteiger partial charge in [-0.15, -0.1) is 0 Å². The first-order chi connectivity index (χ1) is 11.7. The van der Waals surface area contributed by atoms with Gasteiger partial charge in [-0.1, -0.05) is 37.6 Å². The summed E-state index contributed by atoms with van der Waals surface area (Å²) in [6.07, 6.45) is 2.01. The van der Waals surface area contributed by atoms with Gasteiger partial charge in [0.05, 0.1) is 13.2 Å². The van der Waals surface area contributed by atoms with Crippen molar-refractivity contribution >= 4 is 0 Å². The summed E-state index contributed by atoms with van der Waals surface area (Å²) in [7, 11) is 0. The molecule has 0 aromatic heterocycles. The molecule has 2 aromatic rings. The Morgan fingerprint density at radius 3 is 2.29 bits per heavy atom. The Morgan fingerprint density at radius 1 is 1.00 bits per heavy atom. The Bertz CT molecular complexity index is 616. The van der Waals surface area contributed by atoms with E-state index in [1.807, 2.05) is 24.3 Å². The van der Waals surface area contributed by atoms with Crippen LogP contribution < -0.4 is 4.74 Å². The third kappa shape index (κ3) is 4.56. The summed E-state index contributed by atoms with van der Waals surface area (Å²) in [6.45, 7) is 4.09. The molecule has 128 valence electrons. The molecule has 1 heterocycles. The number of benzene rings is 2. The fourth-order valence-corrected chi connectivity index (χ4v) is 2.78. The van der Waals surface area contributed by atoms with Gasteiger partial charge in [-0.3, -0.25) is 0 Å². The highest BCUT2D eigenvalue weighted by Gasteiger charge is 2.22. The van der Waals surface area contributed by atoms with Crippen LogP contribution in [0.2, 0.25) is 0 Å². The minimum Gasteiger partial charge on any atom is -0.489 e. The van der Waals surface area contributed by atoms with Crippen molar-refractivity contribution in [2.24, 2.45) is 5.92 Å². The first-order valence-corrected chi connectivity index (χ1v) is 8.45. The average molecular weight is 330 g/mol. The normalized spacial score (nSPS) is 20.8. The van der Waals surface area contributed by atoms with Gasteiger partial charge in [-0.2, -0.15) is 0 Å². The van der Waals surface area contributed by atoms with Crippen LogP contribution in [0.15, 0.2) is 48.5 Å². The van der Waals surface area contributed by atoms with Crippen LogP contribution in [-0.4, -0.2) is 13.2 Å². The number of ether oxygens (including phenoxy) is 3. The Labute approximate surface area is 142 Å². The van der Waals surface area contributed by atoms with Crippen molar-refractivity contribution in [3.63, 3.8) is 0 Å². The summed E-state index contributed by atoms with van der Waals surface area (Å²) in [5, 5.41) is 0. The highest BCUT2D eigenvalue weighted by atomic mass is 19.1. The molecule has 3 nitrogen and oxygen atoms in total. The highest BCUT2D eigenvalue weighted by Crippen LogP contribution is 2.28. The van der Waals surface area contributed by atoms with Crippen molar-refractivity contribution in [1.82, 2.24) is 0 Å². The number of hydrogen-bond acceptors (Lipinski definition) is 3. The van der Waals surface area contributed by atoms with E-state index in [2.05, 4.69) is 6.92 Å². The Balaban J connectivity index is 1.51. The number of rotatable bonds is 6. The summed E-state index contributed by atoms with van der Waals surface area (Å²) >= 11 is 0. The highest BCUT2D eigenvalue weighted by molar-refractivity contribution is 5.28. The SMILES string of the molecule is CCCC1COC(c2ccc(OCc3ccc(F)cc3)cc2)OC1. The van der Waals surface area contributed by atoms with Gasteiger partial charge in [-0.25, -0.2) is 4.39 Å². The van der Waals surface area contributed by atoms with E-state index in [0.29, 0.717) is 12.5 Å². The molecule has 1 fully saturated rings. The van der Waals surface area contributed by atoms with Gasteiger partial charge in [0.1, 0.15) is 18.2 Å². The first-order valence-electron chi connectivity index (χ1n) is 8.45. The maximum atomic E-state index is 12.9. The average Bonchev–Trinajstić information content (AvgIpc) is 2.63. The quantitative estimate of drug-likeness (QED) is 0.756. The van der Waals surface area contributed by atoms with Gasteiger partial charge < -0.3 is 14.2 Å². The topological polar surface area (TPSA) is 27.7 Å². The molecule has 0 aliphatic carbocycles. The monoisotopic (exact) mass is 330 g/mol. The second-order valence-electron chi connectivity index (χ2n) is 6.14. The third-order valence-corrected chi connectivity index (χ3v) is 4.13. The molecule has 4 heteroatoms. The summed E-state index contributed by atoms with van der Waals surface area (Å²) in [4.78, 5) is 0.